The summed E-state index contributed by atoms with van der Waals surface area (Å²) in [7, 11) is 1.88. The SMILES string of the molecule is Cn1ncc2cc(C#Cc3cccc(O/C(NN)=C(/N)C(=O)O)c3)ccc21. The average molecular weight is 363 g/mol. The number of nitrogens with one attached hydrogen (secondary N) is 1. The fourth-order valence-electron chi connectivity index (χ4n) is 2.40. The summed E-state index contributed by atoms with van der Waals surface area (Å²) in [6.07, 6.45) is 1.79. The maximum atomic E-state index is 10.9. The van der Waals surface area contributed by atoms with Crippen molar-refractivity contribution < 1.29 is 14.6 Å². The Bertz CT molecular complexity index is 1110. The molecule has 3 aromatic rings. The Morgan fingerprint density at radius 3 is 2.67 bits per heavy atom. The van der Waals surface area contributed by atoms with Crippen LogP contribution in [0.5, 0.6) is 5.75 Å². The van der Waals surface area contributed by atoms with Crippen LogP contribution in [0.4, 0.5) is 0 Å². The van der Waals surface area contributed by atoms with Gasteiger partial charge in [-0.1, -0.05) is 17.9 Å². The molecular formula is C19H17N5O3. The lowest BCUT2D eigenvalue weighted by Crippen LogP contribution is -2.31. The van der Waals surface area contributed by atoms with Gasteiger partial charge in [0.05, 0.1) is 11.7 Å². The highest BCUT2D eigenvalue weighted by Gasteiger charge is 2.12. The molecule has 0 aliphatic heterocycles. The van der Waals surface area contributed by atoms with Crippen LogP contribution in [-0.4, -0.2) is 20.9 Å². The highest BCUT2D eigenvalue weighted by Crippen LogP contribution is 2.17. The van der Waals surface area contributed by atoms with Gasteiger partial charge < -0.3 is 15.6 Å². The van der Waals surface area contributed by atoms with Gasteiger partial charge in [0.2, 0.25) is 5.88 Å². The van der Waals surface area contributed by atoms with Gasteiger partial charge in [0.25, 0.3) is 0 Å². The number of aryl methyl sites for hydroxylation is 1. The number of nitrogens with two attached hydrogens (primary N) is 2. The van der Waals surface area contributed by atoms with Gasteiger partial charge in [0.1, 0.15) is 5.75 Å². The molecule has 27 heavy (non-hydrogen) atoms. The summed E-state index contributed by atoms with van der Waals surface area (Å²) < 4.78 is 7.20. The van der Waals surface area contributed by atoms with Gasteiger partial charge in [0.15, 0.2) is 5.70 Å². The van der Waals surface area contributed by atoms with Gasteiger partial charge in [-0.15, -0.1) is 0 Å². The van der Waals surface area contributed by atoms with Crippen LogP contribution in [0.2, 0.25) is 0 Å². The Kier molecular flexibility index (Phi) is 4.97. The molecule has 0 unspecified atom stereocenters. The van der Waals surface area contributed by atoms with E-state index >= 15 is 0 Å². The minimum atomic E-state index is -1.34. The van der Waals surface area contributed by atoms with E-state index in [0.29, 0.717) is 11.3 Å². The number of carboxylic acid groups (broad SMARTS) is 1. The summed E-state index contributed by atoms with van der Waals surface area (Å²) in [6, 6.07) is 12.7. The maximum Gasteiger partial charge on any atom is 0.357 e. The Balaban J connectivity index is 1.84. The van der Waals surface area contributed by atoms with Crippen LogP contribution < -0.4 is 21.7 Å². The number of hydrazine groups is 1. The smallest absolute Gasteiger partial charge is 0.357 e. The van der Waals surface area contributed by atoms with Gasteiger partial charge in [-0.25, -0.2) is 10.6 Å². The Labute approximate surface area is 155 Å². The minimum absolute atomic E-state index is 0.255. The Morgan fingerprint density at radius 2 is 1.96 bits per heavy atom. The monoisotopic (exact) mass is 363 g/mol. The van der Waals surface area contributed by atoms with Crippen molar-refractivity contribution in [3.8, 4) is 17.6 Å². The third kappa shape index (κ3) is 4.00. The van der Waals surface area contributed by atoms with Crippen LogP contribution in [0.3, 0.4) is 0 Å². The molecule has 136 valence electrons. The lowest BCUT2D eigenvalue weighted by Gasteiger charge is -2.10. The molecule has 8 nitrogen and oxygen atoms in total. The van der Waals surface area contributed by atoms with Crippen molar-refractivity contribution in [2.24, 2.45) is 18.6 Å². The molecule has 0 radical (unpaired) electrons. The third-order valence-corrected chi connectivity index (χ3v) is 3.76. The van der Waals surface area contributed by atoms with E-state index in [2.05, 4.69) is 22.4 Å². The van der Waals surface area contributed by atoms with Crippen molar-refractivity contribution in [2.75, 3.05) is 0 Å². The van der Waals surface area contributed by atoms with Crippen LogP contribution in [0, 0.1) is 11.8 Å². The number of fused-ring (bicyclic) bond motifs is 1. The number of hydrogen-bond donors (Lipinski definition) is 4. The molecule has 6 N–H and O–H groups in total. The van der Waals surface area contributed by atoms with Crippen molar-refractivity contribution in [2.45, 2.75) is 0 Å². The topological polar surface area (TPSA) is 128 Å². The van der Waals surface area contributed by atoms with Gasteiger partial charge in [-0.3, -0.25) is 10.1 Å². The first-order valence-corrected chi connectivity index (χ1v) is 7.89. The Hall–Kier alpha value is -3.96. The van der Waals surface area contributed by atoms with Crippen LogP contribution in [0.1, 0.15) is 11.1 Å². The zero-order chi connectivity index (χ0) is 19.4. The predicted molar refractivity (Wildman–Crippen MR) is 99.9 cm³/mol. The fourth-order valence-corrected chi connectivity index (χ4v) is 2.40. The van der Waals surface area contributed by atoms with Crippen LogP contribution in [-0.2, 0) is 11.8 Å². The quantitative estimate of drug-likeness (QED) is 0.179. The maximum absolute atomic E-state index is 10.9. The van der Waals surface area contributed by atoms with Crippen LogP contribution in [0.25, 0.3) is 10.9 Å². The molecular weight excluding hydrogens is 346 g/mol. The molecule has 0 aliphatic carbocycles. The number of carboxylic acids is 1. The van der Waals surface area contributed by atoms with Gasteiger partial charge in [0, 0.05) is 23.6 Å². The van der Waals surface area contributed by atoms with Crippen molar-refractivity contribution in [1.29, 1.82) is 0 Å². The first kappa shape index (κ1) is 17.8. The highest BCUT2D eigenvalue weighted by atomic mass is 16.5. The predicted octanol–water partition coefficient (Wildman–Crippen LogP) is 1.03. The molecule has 1 heterocycles. The summed E-state index contributed by atoms with van der Waals surface area (Å²) in [5.41, 5.74) is 9.58. The average Bonchev–Trinajstić information content (AvgIpc) is 3.04. The standard InChI is InChI=1S/C19H17N5O3/c1-24-16-8-7-13(9-14(16)11-22-24)6-5-12-3-2-4-15(10-12)27-18(23-21)17(20)19(25)26/h2-4,7-11,23H,20-21H2,1H3,(H,25,26)/b18-17+. The third-order valence-electron chi connectivity index (χ3n) is 3.76. The number of aromatic nitrogens is 2. The van der Waals surface area contributed by atoms with E-state index in [0.717, 1.165) is 16.5 Å². The summed E-state index contributed by atoms with van der Waals surface area (Å²) in [5, 5.41) is 14.1. The van der Waals surface area contributed by atoms with Crippen molar-refractivity contribution >= 4 is 16.9 Å². The zero-order valence-electron chi connectivity index (χ0n) is 14.4. The minimum Gasteiger partial charge on any atom is -0.476 e. The molecule has 0 bridgehead atoms. The Morgan fingerprint density at radius 1 is 1.22 bits per heavy atom. The summed E-state index contributed by atoms with van der Waals surface area (Å²) in [6.45, 7) is 0. The van der Waals surface area contributed by atoms with E-state index < -0.39 is 11.7 Å². The molecule has 0 spiro atoms. The largest absolute Gasteiger partial charge is 0.476 e. The number of ether oxygens (including phenoxy) is 1. The lowest BCUT2D eigenvalue weighted by atomic mass is 10.1. The molecule has 0 fully saturated rings. The first-order valence-electron chi connectivity index (χ1n) is 7.89. The molecule has 0 saturated carbocycles. The van der Waals surface area contributed by atoms with E-state index in [1.165, 1.54) is 0 Å². The highest BCUT2D eigenvalue weighted by molar-refractivity contribution is 5.86. The number of aliphatic carboxylic acids is 1. The molecule has 8 heteroatoms. The van der Waals surface area contributed by atoms with Crippen molar-refractivity contribution in [3.63, 3.8) is 0 Å². The lowest BCUT2D eigenvalue weighted by molar-refractivity contribution is -0.132. The fraction of sp³-hybridized carbons (Fsp3) is 0.0526. The number of rotatable bonds is 4. The molecule has 0 amide bonds. The van der Waals surface area contributed by atoms with Crippen molar-refractivity contribution in [3.05, 3.63) is 71.4 Å². The normalized spacial score (nSPS) is 11.3. The van der Waals surface area contributed by atoms with Gasteiger partial charge in [-0.2, -0.15) is 5.10 Å². The molecule has 3 rings (SSSR count). The first-order chi connectivity index (χ1) is 13.0. The van der Waals surface area contributed by atoms with E-state index in [4.69, 9.17) is 21.4 Å². The molecule has 0 saturated heterocycles. The van der Waals surface area contributed by atoms with Crippen LogP contribution in [0.15, 0.2) is 60.2 Å². The number of nitrogens with zero attached hydrogens (tertiary/aromatic N) is 2. The van der Waals surface area contributed by atoms with E-state index in [1.54, 1.807) is 29.1 Å². The number of benzene rings is 2. The molecule has 2 aromatic carbocycles. The van der Waals surface area contributed by atoms with E-state index in [9.17, 15) is 4.79 Å². The molecule has 1 aromatic heterocycles. The second-order valence-corrected chi connectivity index (χ2v) is 5.61. The van der Waals surface area contributed by atoms with Crippen molar-refractivity contribution in [1.82, 2.24) is 15.2 Å². The summed E-state index contributed by atoms with van der Waals surface area (Å²) >= 11 is 0. The van der Waals surface area contributed by atoms with Crippen LogP contribution >= 0.6 is 0 Å². The molecule has 0 aliphatic rings. The van der Waals surface area contributed by atoms with E-state index in [1.807, 2.05) is 31.3 Å². The van der Waals surface area contributed by atoms with Gasteiger partial charge >= 0.3 is 5.97 Å². The summed E-state index contributed by atoms with van der Waals surface area (Å²) in [4.78, 5) is 10.9. The number of carbonyl (C=O) groups is 1. The van der Waals surface area contributed by atoms with E-state index in [-0.39, 0.29) is 5.88 Å². The second-order valence-electron chi connectivity index (χ2n) is 5.61. The van der Waals surface area contributed by atoms with Gasteiger partial charge in [-0.05, 0) is 36.4 Å². The second kappa shape index (κ2) is 7.51. The zero-order valence-corrected chi connectivity index (χ0v) is 14.4. The summed E-state index contributed by atoms with van der Waals surface area (Å²) in [5.74, 6) is 10.1. The molecule has 0 atom stereocenters. The number of hydrogen-bond acceptors (Lipinski definition) is 6.